The van der Waals surface area contributed by atoms with Gasteiger partial charge in [-0.15, -0.1) is 0 Å². The summed E-state index contributed by atoms with van der Waals surface area (Å²) in [5.41, 5.74) is 1.93. The number of allylic oxidation sites excluding steroid dienone is 2. The number of hydrogen-bond donors (Lipinski definition) is 1. The van der Waals surface area contributed by atoms with Gasteiger partial charge < -0.3 is 15.0 Å². The third-order valence-corrected chi connectivity index (χ3v) is 12.4. The van der Waals surface area contributed by atoms with Gasteiger partial charge in [-0.2, -0.15) is 0 Å². The summed E-state index contributed by atoms with van der Waals surface area (Å²) < 4.78 is 6.90. The van der Waals surface area contributed by atoms with Crippen LogP contribution in [-0.2, 0) is 14.3 Å². The lowest BCUT2D eigenvalue weighted by Gasteiger charge is -2.61. The van der Waals surface area contributed by atoms with Crippen LogP contribution in [0.3, 0.4) is 0 Å². The maximum atomic E-state index is 12.7. The molecule has 0 aromatic rings. The molecule has 0 bridgehead atoms. The Balaban J connectivity index is 1.26. The fourth-order valence-corrected chi connectivity index (χ4v) is 11.0. The van der Waals surface area contributed by atoms with Crippen molar-refractivity contribution in [2.24, 2.45) is 52.3 Å². The van der Waals surface area contributed by atoms with Gasteiger partial charge in [-0.1, -0.05) is 27.7 Å². The molecule has 11 atom stereocenters. The van der Waals surface area contributed by atoms with Gasteiger partial charge in [0.05, 0.1) is 5.70 Å². The minimum atomic E-state index is 0.127. The van der Waals surface area contributed by atoms with Crippen molar-refractivity contribution in [3.05, 3.63) is 11.5 Å². The van der Waals surface area contributed by atoms with E-state index < -0.39 is 0 Å². The smallest absolute Gasteiger partial charge is 0.223 e. The molecule has 0 saturated heterocycles. The molecule has 5 nitrogen and oxygen atoms in total. The van der Waals surface area contributed by atoms with Crippen LogP contribution >= 0.6 is 0 Å². The highest BCUT2D eigenvalue weighted by molar-refractivity contribution is 5.76. The maximum absolute atomic E-state index is 12.7. The van der Waals surface area contributed by atoms with Crippen molar-refractivity contribution >= 4 is 11.8 Å². The quantitative estimate of drug-likeness (QED) is 0.492. The van der Waals surface area contributed by atoms with Crippen molar-refractivity contribution < 1.29 is 14.3 Å². The Morgan fingerprint density at radius 1 is 0.972 bits per heavy atom. The lowest BCUT2D eigenvalue weighted by Crippen LogP contribution is -2.56. The summed E-state index contributed by atoms with van der Waals surface area (Å²) in [5, 5.41) is 3.24. The highest BCUT2D eigenvalue weighted by atomic mass is 16.5. The predicted octanol–water partition coefficient (Wildman–Crippen LogP) is 5.89. The average Bonchev–Trinajstić information content (AvgIpc) is 3.10. The van der Waals surface area contributed by atoms with Gasteiger partial charge in [-0.25, -0.2) is 0 Å². The number of nitrogens with zero attached hydrogens (tertiary/aromatic N) is 1. The SMILES string of the molecule is CC(=O)N[C@H]1CC[C@@]2(C)[C@@H](CC[C@@H]3[C@@H]2CC[C@]2(C)[C@H]4[C@H](C)C5=C(C[C@H](C)CN5C(C)=O)O[C@@H]4C[C@@H]32)C1. The molecule has 0 spiro atoms. The Hall–Kier alpha value is -1.52. The zero-order valence-corrected chi connectivity index (χ0v) is 23.4. The highest BCUT2D eigenvalue weighted by Crippen LogP contribution is 2.70. The molecule has 1 N–H and O–H groups in total. The first kappa shape index (κ1) is 24.8. The molecule has 5 heteroatoms. The summed E-state index contributed by atoms with van der Waals surface area (Å²) >= 11 is 0. The van der Waals surface area contributed by atoms with E-state index in [9.17, 15) is 9.59 Å². The van der Waals surface area contributed by atoms with Crippen LogP contribution in [0.5, 0.6) is 0 Å². The van der Waals surface area contributed by atoms with Gasteiger partial charge in [0.2, 0.25) is 11.8 Å². The first-order valence-corrected chi connectivity index (χ1v) is 15.0. The molecule has 0 aromatic heterocycles. The van der Waals surface area contributed by atoms with Crippen molar-refractivity contribution in [2.45, 2.75) is 111 Å². The van der Waals surface area contributed by atoms with Gasteiger partial charge in [0.15, 0.2) is 0 Å². The lowest BCUT2D eigenvalue weighted by atomic mass is 9.44. The minimum absolute atomic E-state index is 0.127. The van der Waals surface area contributed by atoms with Crippen LogP contribution in [0.2, 0.25) is 0 Å². The number of hydrogen-bond acceptors (Lipinski definition) is 3. The number of amides is 2. The molecular formula is C31H48N2O3. The Morgan fingerprint density at radius 2 is 1.72 bits per heavy atom. The van der Waals surface area contributed by atoms with Crippen LogP contribution in [0, 0.1) is 52.3 Å². The molecule has 4 saturated carbocycles. The molecule has 200 valence electrons. The first-order chi connectivity index (χ1) is 17.0. The van der Waals surface area contributed by atoms with E-state index in [1.54, 1.807) is 13.8 Å². The number of nitrogens with one attached hydrogen (secondary N) is 1. The van der Waals surface area contributed by atoms with E-state index in [0.29, 0.717) is 40.7 Å². The topological polar surface area (TPSA) is 58.6 Å². The number of carbonyl (C=O) groups is 2. The van der Waals surface area contributed by atoms with Gasteiger partial charge >= 0.3 is 0 Å². The fraction of sp³-hybridized carbons (Fsp3) is 0.871. The van der Waals surface area contributed by atoms with Gasteiger partial charge in [0.25, 0.3) is 0 Å². The summed E-state index contributed by atoms with van der Waals surface area (Å²) in [7, 11) is 0. The standard InChI is InChI=1S/C31H48N2O3/c1-17-13-27-29(33(16-17)20(4)35)18(2)28-26(36-27)15-25-23-8-7-21-14-22(32-19(3)34)9-11-30(21,5)24(23)10-12-31(25,28)6/h17-18,21-26,28H,7-16H2,1-6H3,(H,32,34)/t17-,18-,21-,22-,23+,24-,25-,26+,28-,30-,31-/m0/s1. The van der Waals surface area contributed by atoms with E-state index in [2.05, 4.69) is 37.9 Å². The predicted molar refractivity (Wildman–Crippen MR) is 140 cm³/mol. The van der Waals surface area contributed by atoms with Gasteiger partial charge in [-0.3, -0.25) is 9.59 Å². The van der Waals surface area contributed by atoms with E-state index in [0.717, 1.165) is 48.8 Å². The van der Waals surface area contributed by atoms with Crippen LogP contribution in [0.4, 0.5) is 0 Å². The van der Waals surface area contributed by atoms with Crippen molar-refractivity contribution in [3.8, 4) is 0 Å². The van der Waals surface area contributed by atoms with E-state index in [1.807, 2.05) is 0 Å². The zero-order chi connectivity index (χ0) is 25.6. The van der Waals surface area contributed by atoms with Crippen molar-refractivity contribution in [1.82, 2.24) is 10.2 Å². The number of ether oxygens (including phenoxy) is 1. The molecule has 4 aliphatic carbocycles. The van der Waals surface area contributed by atoms with Gasteiger partial charge in [0.1, 0.15) is 11.9 Å². The van der Waals surface area contributed by atoms with Crippen LogP contribution in [-0.4, -0.2) is 35.4 Å². The Labute approximate surface area is 218 Å². The first-order valence-electron chi connectivity index (χ1n) is 15.0. The normalized spacial score (nSPS) is 49.6. The average molecular weight is 497 g/mol. The Bertz CT molecular complexity index is 975. The zero-order valence-electron chi connectivity index (χ0n) is 23.4. The molecule has 2 amide bonds. The second-order valence-electron chi connectivity index (χ2n) is 14.3. The molecule has 0 aromatic carbocycles. The molecule has 2 aliphatic heterocycles. The van der Waals surface area contributed by atoms with E-state index in [-0.39, 0.29) is 11.8 Å². The minimum Gasteiger partial charge on any atom is -0.493 e. The van der Waals surface area contributed by atoms with E-state index in [4.69, 9.17) is 4.74 Å². The number of rotatable bonds is 1. The third kappa shape index (κ3) is 3.53. The fourth-order valence-electron chi connectivity index (χ4n) is 11.0. The lowest BCUT2D eigenvalue weighted by molar-refractivity contribution is -0.133. The molecule has 2 heterocycles. The van der Waals surface area contributed by atoms with E-state index in [1.165, 1.54) is 50.6 Å². The Morgan fingerprint density at radius 3 is 2.44 bits per heavy atom. The van der Waals surface area contributed by atoms with Gasteiger partial charge in [0, 0.05) is 44.7 Å². The summed E-state index contributed by atoms with van der Waals surface area (Å²) in [4.78, 5) is 26.4. The van der Waals surface area contributed by atoms with Crippen molar-refractivity contribution in [3.63, 3.8) is 0 Å². The number of carbonyl (C=O) groups excluding carboxylic acids is 2. The highest BCUT2D eigenvalue weighted by Gasteiger charge is 2.65. The van der Waals surface area contributed by atoms with Gasteiger partial charge in [-0.05, 0) is 91.8 Å². The molecule has 0 unspecified atom stereocenters. The summed E-state index contributed by atoms with van der Waals surface area (Å²) in [6.07, 6.45) is 11.4. The molecular weight excluding hydrogens is 448 g/mol. The summed E-state index contributed by atoms with van der Waals surface area (Å²) in [6.45, 7) is 14.1. The summed E-state index contributed by atoms with van der Waals surface area (Å²) in [5.74, 6) is 5.86. The second kappa shape index (κ2) is 8.50. The van der Waals surface area contributed by atoms with Crippen LogP contribution in [0.1, 0.15) is 99.3 Å². The molecule has 4 fully saturated rings. The monoisotopic (exact) mass is 496 g/mol. The number of fused-ring (bicyclic) bond motifs is 7. The van der Waals surface area contributed by atoms with Crippen LogP contribution in [0.15, 0.2) is 11.5 Å². The van der Waals surface area contributed by atoms with Crippen molar-refractivity contribution in [2.75, 3.05) is 6.54 Å². The van der Waals surface area contributed by atoms with Crippen LogP contribution in [0.25, 0.3) is 0 Å². The molecule has 6 aliphatic rings. The third-order valence-electron chi connectivity index (χ3n) is 12.4. The maximum Gasteiger partial charge on any atom is 0.223 e. The molecule has 6 rings (SSSR count). The molecule has 36 heavy (non-hydrogen) atoms. The summed E-state index contributed by atoms with van der Waals surface area (Å²) in [6, 6.07) is 0.374. The molecule has 0 radical (unpaired) electrons. The van der Waals surface area contributed by atoms with Crippen molar-refractivity contribution in [1.29, 1.82) is 0 Å². The second-order valence-corrected chi connectivity index (χ2v) is 14.3. The largest absolute Gasteiger partial charge is 0.493 e. The van der Waals surface area contributed by atoms with Crippen LogP contribution < -0.4 is 5.32 Å². The Kier molecular flexibility index (Phi) is 5.85. The van der Waals surface area contributed by atoms with E-state index >= 15 is 0 Å².